The Labute approximate surface area is 136 Å². The number of likely N-dealkylation sites (N-methyl/N-ethyl adjacent to an activating group) is 1. The van der Waals surface area contributed by atoms with Gasteiger partial charge in [0.05, 0.1) is 6.10 Å². The van der Waals surface area contributed by atoms with Crippen LogP contribution in [0, 0.1) is 0 Å². The molecule has 1 N–H and O–H groups in total. The second-order valence-corrected chi connectivity index (χ2v) is 5.74. The van der Waals surface area contributed by atoms with Crippen LogP contribution in [0.25, 0.3) is 0 Å². The van der Waals surface area contributed by atoms with Gasteiger partial charge in [-0.05, 0) is 32.7 Å². The molecule has 1 heterocycles. The molecule has 0 radical (unpaired) electrons. The number of halogens is 2. The fourth-order valence-corrected chi connectivity index (χ4v) is 3.14. The first-order valence-electron chi connectivity index (χ1n) is 7.45. The Morgan fingerprint density at radius 3 is 2.25 bits per heavy atom. The Hall–Kier alpha value is 0.420. The van der Waals surface area contributed by atoms with Gasteiger partial charge in [0.1, 0.15) is 0 Å². The molecule has 1 aliphatic carbocycles. The van der Waals surface area contributed by atoms with Gasteiger partial charge >= 0.3 is 0 Å². The van der Waals surface area contributed by atoms with Crippen molar-refractivity contribution in [2.75, 3.05) is 53.4 Å². The highest BCUT2D eigenvalue weighted by molar-refractivity contribution is 5.85. The van der Waals surface area contributed by atoms with Gasteiger partial charge < -0.3 is 15.0 Å². The van der Waals surface area contributed by atoms with E-state index in [4.69, 9.17) is 4.74 Å². The van der Waals surface area contributed by atoms with Gasteiger partial charge in [-0.1, -0.05) is 0 Å². The molecule has 20 heavy (non-hydrogen) atoms. The van der Waals surface area contributed by atoms with E-state index in [0.717, 1.165) is 19.1 Å². The van der Waals surface area contributed by atoms with Crippen molar-refractivity contribution in [3.8, 4) is 0 Å². The van der Waals surface area contributed by atoms with Crippen LogP contribution in [0.15, 0.2) is 0 Å². The molecule has 122 valence electrons. The lowest BCUT2D eigenvalue weighted by Crippen LogP contribution is -2.47. The molecule has 0 bridgehead atoms. The molecule has 1 saturated heterocycles. The molecule has 1 saturated carbocycles. The lowest BCUT2D eigenvalue weighted by Gasteiger charge is -2.36. The molecule has 0 amide bonds. The van der Waals surface area contributed by atoms with Crippen LogP contribution < -0.4 is 5.32 Å². The van der Waals surface area contributed by atoms with Crippen LogP contribution >= 0.6 is 24.8 Å². The molecule has 0 atom stereocenters. The number of nitrogens with one attached hydrogen (secondary N) is 1. The van der Waals surface area contributed by atoms with Crippen LogP contribution in [0.2, 0.25) is 0 Å². The van der Waals surface area contributed by atoms with E-state index < -0.39 is 0 Å². The van der Waals surface area contributed by atoms with Crippen molar-refractivity contribution >= 4 is 24.8 Å². The Balaban J connectivity index is 0.00000180. The summed E-state index contributed by atoms with van der Waals surface area (Å²) in [6.45, 7) is 7.17. The number of hydrogen-bond acceptors (Lipinski definition) is 4. The summed E-state index contributed by atoms with van der Waals surface area (Å²) >= 11 is 0. The Morgan fingerprint density at radius 1 is 1.10 bits per heavy atom. The van der Waals surface area contributed by atoms with Gasteiger partial charge in [0.25, 0.3) is 0 Å². The average molecular weight is 328 g/mol. The summed E-state index contributed by atoms with van der Waals surface area (Å²) < 4.78 is 5.44. The predicted molar refractivity (Wildman–Crippen MR) is 89.5 cm³/mol. The molecule has 2 rings (SSSR count). The summed E-state index contributed by atoms with van der Waals surface area (Å²) in [5.41, 5.74) is 0. The van der Waals surface area contributed by atoms with E-state index in [9.17, 15) is 0 Å². The second kappa shape index (κ2) is 11.0. The first-order valence-corrected chi connectivity index (χ1v) is 7.45. The normalized spacial score (nSPS) is 27.8. The minimum absolute atomic E-state index is 0. The number of ether oxygens (including phenoxy) is 1. The fourth-order valence-electron chi connectivity index (χ4n) is 3.14. The smallest absolute Gasteiger partial charge is 0.0572 e. The summed E-state index contributed by atoms with van der Waals surface area (Å²) in [6, 6.07) is 0.777. The highest BCUT2D eigenvalue weighted by atomic mass is 35.5. The summed E-state index contributed by atoms with van der Waals surface area (Å²) in [7, 11) is 4.14. The molecular weight excluding hydrogens is 297 g/mol. The van der Waals surface area contributed by atoms with Crippen molar-refractivity contribution in [1.29, 1.82) is 0 Å². The summed E-state index contributed by atoms with van der Waals surface area (Å²) in [5.74, 6) is 0. The lowest BCUT2D eigenvalue weighted by atomic mass is 9.92. The van der Waals surface area contributed by atoms with Crippen molar-refractivity contribution in [1.82, 2.24) is 15.1 Å². The van der Waals surface area contributed by atoms with E-state index in [2.05, 4.69) is 22.2 Å². The molecule has 0 unspecified atom stereocenters. The zero-order chi connectivity index (χ0) is 12.8. The fraction of sp³-hybridized carbons (Fsp3) is 1.00. The van der Waals surface area contributed by atoms with E-state index in [1.165, 1.54) is 51.9 Å². The van der Waals surface area contributed by atoms with Gasteiger partial charge in [0, 0.05) is 52.4 Å². The Kier molecular flexibility index (Phi) is 11.3. The standard InChI is InChI=1S/C14H29N3O.2ClH/c1-16(11-12-17-9-7-15-8-10-17)13-3-5-14(18-2)6-4-13;;/h13-15H,3-12H2,1-2H3;2*1H. The summed E-state index contributed by atoms with van der Waals surface area (Å²) in [6.07, 6.45) is 5.59. The van der Waals surface area contributed by atoms with Gasteiger partial charge in [0.15, 0.2) is 0 Å². The average Bonchev–Trinajstić information content (AvgIpc) is 2.46. The maximum atomic E-state index is 5.44. The Morgan fingerprint density at radius 2 is 1.70 bits per heavy atom. The monoisotopic (exact) mass is 327 g/mol. The third-order valence-corrected chi connectivity index (χ3v) is 4.58. The third kappa shape index (κ3) is 6.46. The maximum absolute atomic E-state index is 5.44. The van der Waals surface area contributed by atoms with E-state index in [1.54, 1.807) is 0 Å². The highest BCUT2D eigenvalue weighted by Gasteiger charge is 2.23. The zero-order valence-electron chi connectivity index (χ0n) is 12.8. The zero-order valence-corrected chi connectivity index (χ0v) is 14.5. The largest absolute Gasteiger partial charge is 0.381 e. The van der Waals surface area contributed by atoms with Crippen LogP contribution in [0.3, 0.4) is 0 Å². The van der Waals surface area contributed by atoms with Crippen LogP contribution in [-0.2, 0) is 4.74 Å². The topological polar surface area (TPSA) is 27.7 Å². The molecule has 6 heteroatoms. The first kappa shape index (κ1) is 20.4. The minimum Gasteiger partial charge on any atom is -0.381 e. The number of nitrogens with zero attached hydrogens (tertiary/aromatic N) is 2. The quantitative estimate of drug-likeness (QED) is 0.830. The number of hydrogen-bond donors (Lipinski definition) is 1. The molecular formula is C14H31Cl2N3O. The van der Waals surface area contributed by atoms with Crippen molar-refractivity contribution < 1.29 is 4.74 Å². The molecule has 0 aromatic heterocycles. The Bertz CT molecular complexity index is 232. The molecule has 4 nitrogen and oxygen atoms in total. The highest BCUT2D eigenvalue weighted by Crippen LogP contribution is 2.23. The predicted octanol–water partition coefficient (Wildman–Crippen LogP) is 1.62. The van der Waals surface area contributed by atoms with E-state index >= 15 is 0 Å². The lowest BCUT2D eigenvalue weighted by molar-refractivity contribution is 0.0420. The van der Waals surface area contributed by atoms with Crippen LogP contribution in [0.4, 0.5) is 0 Å². The summed E-state index contributed by atoms with van der Waals surface area (Å²) in [5, 5.41) is 3.41. The molecule has 1 aliphatic heterocycles. The summed E-state index contributed by atoms with van der Waals surface area (Å²) in [4.78, 5) is 5.14. The van der Waals surface area contributed by atoms with Crippen LogP contribution in [0.5, 0.6) is 0 Å². The second-order valence-electron chi connectivity index (χ2n) is 5.74. The molecule has 0 aromatic carbocycles. The molecule has 2 aliphatic rings. The van der Waals surface area contributed by atoms with Gasteiger partial charge in [-0.25, -0.2) is 0 Å². The van der Waals surface area contributed by atoms with E-state index in [1.807, 2.05) is 7.11 Å². The molecule has 2 fully saturated rings. The minimum atomic E-state index is 0. The van der Waals surface area contributed by atoms with E-state index in [0.29, 0.717) is 6.10 Å². The maximum Gasteiger partial charge on any atom is 0.0572 e. The van der Waals surface area contributed by atoms with Crippen LogP contribution in [0.1, 0.15) is 25.7 Å². The van der Waals surface area contributed by atoms with Gasteiger partial charge in [-0.15, -0.1) is 24.8 Å². The van der Waals surface area contributed by atoms with Crippen molar-refractivity contribution in [3.05, 3.63) is 0 Å². The van der Waals surface area contributed by atoms with Gasteiger partial charge in [-0.2, -0.15) is 0 Å². The number of rotatable bonds is 5. The van der Waals surface area contributed by atoms with Crippen molar-refractivity contribution in [3.63, 3.8) is 0 Å². The number of methoxy groups -OCH3 is 1. The molecule has 0 aromatic rings. The molecule has 0 spiro atoms. The third-order valence-electron chi connectivity index (χ3n) is 4.58. The first-order chi connectivity index (χ1) is 8.79. The van der Waals surface area contributed by atoms with Crippen molar-refractivity contribution in [2.45, 2.75) is 37.8 Å². The van der Waals surface area contributed by atoms with Crippen LogP contribution in [-0.4, -0.2) is 75.4 Å². The number of piperazine rings is 1. The van der Waals surface area contributed by atoms with E-state index in [-0.39, 0.29) is 24.8 Å². The van der Waals surface area contributed by atoms with Crippen molar-refractivity contribution in [2.24, 2.45) is 0 Å². The van der Waals surface area contributed by atoms with Gasteiger partial charge in [-0.3, -0.25) is 4.90 Å². The van der Waals surface area contributed by atoms with Gasteiger partial charge in [0.2, 0.25) is 0 Å². The SMILES string of the molecule is COC1CCC(N(C)CCN2CCNCC2)CC1.Cl.Cl.